The van der Waals surface area contributed by atoms with Crippen molar-refractivity contribution in [2.75, 3.05) is 19.6 Å². The van der Waals surface area contributed by atoms with E-state index < -0.39 is 0 Å². The van der Waals surface area contributed by atoms with E-state index in [4.69, 9.17) is 0 Å². The molecule has 2 unspecified atom stereocenters. The van der Waals surface area contributed by atoms with Crippen LogP contribution < -0.4 is 5.32 Å². The highest BCUT2D eigenvalue weighted by atomic mass is 16.2. The molecule has 3 fully saturated rings. The van der Waals surface area contributed by atoms with Gasteiger partial charge < -0.3 is 5.32 Å². The van der Waals surface area contributed by atoms with Crippen molar-refractivity contribution >= 4 is 11.8 Å². The lowest BCUT2D eigenvalue weighted by molar-refractivity contribution is -0.142. The average molecular weight is 292 g/mol. The van der Waals surface area contributed by atoms with Crippen molar-refractivity contribution in [3.05, 3.63) is 0 Å². The number of hydrogen-bond donors (Lipinski definition) is 1. The van der Waals surface area contributed by atoms with Gasteiger partial charge in [-0.15, -0.1) is 0 Å². The summed E-state index contributed by atoms with van der Waals surface area (Å²) in [5.41, 5.74) is -0.334. The molecule has 118 valence electrons. The number of amides is 2. The molecule has 2 amide bonds. The summed E-state index contributed by atoms with van der Waals surface area (Å²) in [6.45, 7) is 4.88. The Balaban J connectivity index is 1.71. The average Bonchev–Trinajstić information content (AvgIpc) is 2.64. The summed E-state index contributed by atoms with van der Waals surface area (Å²) in [6, 6.07) is 0. The van der Waals surface area contributed by atoms with Crippen molar-refractivity contribution in [1.82, 2.24) is 10.2 Å². The molecule has 2 aliphatic heterocycles. The van der Waals surface area contributed by atoms with Crippen LogP contribution >= 0.6 is 0 Å². The van der Waals surface area contributed by atoms with E-state index >= 15 is 0 Å². The van der Waals surface area contributed by atoms with Crippen LogP contribution in [0.25, 0.3) is 0 Å². The van der Waals surface area contributed by atoms with Gasteiger partial charge in [-0.25, -0.2) is 0 Å². The molecule has 2 saturated heterocycles. The number of nitrogens with one attached hydrogen (secondary N) is 1. The topological polar surface area (TPSA) is 49.4 Å². The van der Waals surface area contributed by atoms with Crippen molar-refractivity contribution in [2.45, 2.75) is 58.3 Å². The number of likely N-dealkylation sites (tertiary alicyclic amines) is 1. The SMILES string of the molecule is CC1CCNCC1CN1C(=O)CC2(CCCCCC2)C1=O. The predicted molar refractivity (Wildman–Crippen MR) is 81.6 cm³/mol. The van der Waals surface area contributed by atoms with Gasteiger partial charge in [0.25, 0.3) is 0 Å². The second kappa shape index (κ2) is 6.07. The summed E-state index contributed by atoms with van der Waals surface area (Å²) in [5, 5.41) is 3.40. The fraction of sp³-hybridized carbons (Fsp3) is 0.882. The molecule has 1 N–H and O–H groups in total. The van der Waals surface area contributed by atoms with Crippen LogP contribution in [0.4, 0.5) is 0 Å². The summed E-state index contributed by atoms with van der Waals surface area (Å²) >= 11 is 0. The molecular formula is C17H28N2O2. The smallest absolute Gasteiger partial charge is 0.235 e. The Morgan fingerprint density at radius 2 is 1.90 bits per heavy atom. The molecule has 4 heteroatoms. The van der Waals surface area contributed by atoms with Crippen LogP contribution in [0.5, 0.6) is 0 Å². The van der Waals surface area contributed by atoms with Crippen LogP contribution in [0.1, 0.15) is 58.3 Å². The van der Waals surface area contributed by atoms with Crippen LogP contribution in [0.15, 0.2) is 0 Å². The van der Waals surface area contributed by atoms with Crippen molar-refractivity contribution in [1.29, 1.82) is 0 Å². The highest BCUT2D eigenvalue weighted by Crippen LogP contribution is 2.44. The molecule has 0 bridgehead atoms. The number of carbonyl (C=O) groups is 2. The third-order valence-corrected chi connectivity index (χ3v) is 5.95. The van der Waals surface area contributed by atoms with Gasteiger partial charge in [0, 0.05) is 13.0 Å². The Labute approximate surface area is 127 Å². The molecular weight excluding hydrogens is 264 g/mol. The molecule has 0 aromatic heterocycles. The van der Waals surface area contributed by atoms with Crippen molar-refractivity contribution in [3.63, 3.8) is 0 Å². The maximum Gasteiger partial charge on any atom is 0.235 e. The van der Waals surface area contributed by atoms with Gasteiger partial charge in [0.15, 0.2) is 0 Å². The maximum atomic E-state index is 12.9. The largest absolute Gasteiger partial charge is 0.316 e. The van der Waals surface area contributed by atoms with Gasteiger partial charge in [-0.05, 0) is 44.2 Å². The van der Waals surface area contributed by atoms with Crippen LogP contribution in [0.3, 0.4) is 0 Å². The number of rotatable bonds is 2. The zero-order valence-electron chi connectivity index (χ0n) is 13.2. The van der Waals surface area contributed by atoms with Crippen molar-refractivity contribution < 1.29 is 9.59 Å². The van der Waals surface area contributed by atoms with Gasteiger partial charge in [0.05, 0.1) is 5.41 Å². The van der Waals surface area contributed by atoms with Crippen LogP contribution in [-0.4, -0.2) is 36.3 Å². The Morgan fingerprint density at radius 1 is 1.19 bits per heavy atom. The molecule has 0 radical (unpaired) electrons. The van der Waals surface area contributed by atoms with Crippen molar-refractivity contribution in [2.24, 2.45) is 17.3 Å². The third kappa shape index (κ3) is 2.87. The Morgan fingerprint density at radius 3 is 2.57 bits per heavy atom. The first kappa shape index (κ1) is 15.0. The van der Waals surface area contributed by atoms with E-state index in [2.05, 4.69) is 12.2 Å². The van der Waals surface area contributed by atoms with E-state index in [1.54, 1.807) is 4.90 Å². The lowest BCUT2D eigenvalue weighted by Gasteiger charge is -2.33. The lowest BCUT2D eigenvalue weighted by atomic mass is 9.79. The molecule has 0 aromatic carbocycles. The predicted octanol–water partition coefficient (Wildman–Crippen LogP) is 2.33. The third-order valence-electron chi connectivity index (χ3n) is 5.95. The highest BCUT2D eigenvalue weighted by Gasteiger charge is 2.51. The van der Waals surface area contributed by atoms with Gasteiger partial charge in [-0.1, -0.05) is 32.6 Å². The fourth-order valence-corrected chi connectivity index (χ4v) is 4.37. The summed E-state index contributed by atoms with van der Waals surface area (Å²) in [6.07, 6.45) is 8.10. The molecule has 1 aliphatic carbocycles. The number of nitrogens with zero attached hydrogens (tertiary/aromatic N) is 1. The second-order valence-electron chi connectivity index (χ2n) is 7.41. The lowest BCUT2D eigenvalue weighted by Crippen LogP contribution is -2.45. The van der Waals surface area contributed by atoms with E-state index in [1.807, 2.05) is 0 Å². The minimum atomic E-state index is -0.334. The maximum absolute atomic E-state index is 12.9. The monoisotopic (exact) mass is 292 g/mol. The van der Waals surface area contributed by atoms with E-state index in [0.29, 0.717) is 24.8 Å². The standard InChI is InChI=1S/C17H28N2O2/c1-13-6-9-18-11-14(13)12-19-15(20)10-17(16(19)21)7-4-2-3-5-8-17/h13-14,18H,2-12H2,1H3. The number of hydrogen-bond acceptors (Lipinski definition) is 3. The normalized spacial score (nSPS) is 33.5. The van der Waals surface area contributed by atoms with Gasteiger partial charge in [0.1, 0.15) is 0 Å². The van der Waals surface area contributed by atoms with Gasteiger partial charge in [-0.3, -0.25) is 14.5 Å². The summed E-state index contributed by atoms with van der Waals surface area (Å²) in [7, 11) is 0. The number of piperidine rings is 1. The first-order valence-electron chi connectivity index (χ1n) is 8.68. The molecule has 1 spiro atoms. The van der Waals surface area contributed by atoms with Gasteiger partial charge in [0.2, 0.25) is 11.8 Å². The van der Waals surface area contributed by atoms with Gasteiger partial charge >= 0.3 is 0 Å². The van der Waals surface area contributed by atoms with E-state index in [-0.39, 0.29) is 17.2 Å². The Hall–Kier alpha value is -0.900. The number of imide groups is 1. The minimum Gasteiger partial charge on any atom is -0.316 e. The quantitative estimate of drug-likeness (QED) is 0.795. The molecule has 2 heterocycles. The molecule has 1 saturated carbocycles. The summed E-state index contributed by atoms with van der Waals surface area (Å²) in [4.78, 5) is 27.0. The number of carbonyl (C=O) groups excluding carboxylic acids is 2. The zero-order valence-corrected chi connectivity index (χ0v) is 13.2. The highest BCUT2D eigenvalue weighted by molar-refractivity contribution is 6.05. The van der Waals surface area contributed by atoms with E-state index in [0.717, 1.165) is 45.2 Å². The molecule has 21 heavy (non-hydrogen) atoms. The van der Waals surface area contributed by atoms with Crippen LogP contribution in [0.2, 0.25) is 0 Å². The Kier molecular flexibility index (Phi) is 4.34. The minimum absolute atomic E-state index is 0.0830. The van der Waals surface area contributed by atoms with E-state index in [1.165, 1.54) is 12.8 Å². The molecule has 4 nitrogen and oxygen atoms in total. The van der Waals surface area contributed by atoms with Crippen LogP contribution in [-0.2, 0) is 9.59 Å². The van der Waals surface area contributed by atoms with Crippen molar-refractivity contribution in [3.8, 4) is 0 Å². The molecule has 3 aliphatic rings. The van der Waals surface area contributed by atoms with E-state index in [9.17, 15) is 9.59 Å². The molecule has 3 rings (SSSR count). The second-order valence-corrected chi connectivity index (χ2v) is 7.41. The summed E-state index contributed by atoms with van der Waals surface area (Å²) in [5.74, 6) is 1.25. The molecule has 2 atom stereocenters. The first-order valence-corrected chi connectivity index (χ1v) is 8.68. The first-order chi connectivity index (χ1) is 10.1. The fourth-order valence-electron chi connectivity index (χ4n) is 4.37. The zero-order chi connectivity index (χ0) is 14.9. The molecule has 0 aromatic rings. The Bertz CT molecular complexity index is 413. The summed E-state index contributed by atoms with van der Waals surface area (Å²) < 4.78 is 0. The van der Waals surface area contributed by atoms with Gasteiger partial charge in [-0.2, -0.15) is 0 Å². The van der Waals surface area contributed by atoms with Crippen LogP contribution in [0, 0.1) is 17.3 Å².